The van der Waals surface area contributed by atoms with Crippen LogP contribution >= 0.6 is 10.7 Å². The molecule has 0 heterocycles. The zero-order chi connectivity index (χ0) is 11.8. The maximum Gasteiger partial charge on any atom is 0.236 e. The zero-order valence-corrected chi connectivity index (χ0v) is 9.89. The number of benzene rings is 1. The minimum Gasteiger partial charge on any atom is -0.490 e. The molecule has 2 rings (SSSR count). The molecular formula is C10H10ClFO3S. The molecule has 0 spiro atoms. The van der Waals surface area contributed by atoms with Crippen molar-refractivity contribution in [3.05, 3.63) is 29.6 Å². The first-order valence-corrected chi connectivity index (χ1v) is 7.29. The van der Waals surface area contributed by atoms with Gasteiger partial charge in [0.2, 0.25) is 9.05 Å². The summed E-state index contributed by atoms with van der Waals surface area (Å²) in [6.45, 7) is 0. The fourth-order valence-electron chi connectivity index (χ4n) is 1.33. The lowest BCUT2D eigenvalue weighted by molar-refractivity contribution is 0.300. The maximum atomic E-state index is 13.0. The highest BCUT2D eigenvalue weighted by Crippen LogP contribution is 2.30. The standard InChI is InChI=1S/C10H10ClFO3S/c11-16(13,14)6-7-5-8(12)1-4-10(7)15-9-2-3-9/h1,4-5,9H,2-3,6H2. The Morgan fingerprint density at radius 3 is 2.69 bits per heavy atom. The molecule has 1 aliphatic rings. The van der Waals surface area contributed by atoms with E-state index in [-0.39, 0.29) is 11.7 Å². The second kappa shape index (κ2) is 4.22. The molecule has 1 aromatic carbocycles. The van der Waals surface area contributed by atoms with Crippen LogP contribution in [-0.2, 0) is 14.8 Å². The van der Waals surface area contributed by atoms with Crippen LogP contribution < -0.4 is 4.74 Å². The van der Waals surface area contributed by atoms with Crippen molar-refractivity contribution in [2.45, 2.75) is 24.7 Å². The maximum absolute atomic E-state index is 13.0. The van der Waals surface area contributed by atoms with Gasteiger partial charge in [0, 0.05) is 16.2 Å². The molecule has 0 saturated heterocycles. The van der Waals surface area contributed by atoms with Crippen LogP contribution in [0.2, 0.25) is 0 Å². The van der Waals surface area contributed by atoms with Gasteiger partial charge >= 0.3 is 0 Å². The highest BCUT2D eigenvalue weighted by molar-refractivity contribution is 8.13. The summed E-state index contributed by atoms with van der Waals surface area (Å²) < 4.78 is 40.4. The molecule has 0 aliphatic heterocycles. The molecule has 0 radical (unpaired) electrons. The smallest absolute Gasteiger partial charge is 0.236 e. The number of hydrogen-bond acceptors (Lipinski definition) is 3. The Bertz CT molecular complexity index is 497. The summed E-state index contributed by atoms with van der Waals surface area (Å²) in [5.74, 6) is -0.527. The number of halogens is 2. The fourth-order valence-corrected chi connectivity index (χ4v) is 2.28. The normalized spacial score (nSPS) is 16.1. The Labute approximate surface area is 97.6 Å². The van der Waals surface area contributed by atoms with Gasteiger partial charge in [-0.15, -0.1) is 0 Å². The van der Waals surface area contributed by atoms with Gasteiger partial charge in [-0.25, -0.2) is 12.8 Å². The molecule has 3 nitrogen and oxygen atoms in total. The minimum absolute atomic E-state index is 0.127. The Morgan fingerprint density at radius 2 is 2.12 bits per heavy atom. The van der Waals surface area contributed by atoms with Gasteiger partial charge in [-0.3, -0.25) is 0 Å². The van der Waals surface area contributed by atoms with Crippen molar-refractivity contribution in [2.75, 3.05) is 0 Å². The van der Waals surface area contributed by atoms with E-state index in [1.807, 2.05) is 0 Å². The molecular weight excluding hydrogens is 255 g/mol. The largest absolute Gasteiger partial charge is 0.490 e. The number of hydrogen-bond donors (Lipinski definition) is 0. The molecule has 0 amide bonds. The Balaban J connectivity index is 2.27. The summed E-state index contributed by atoms with van der Waals surface area (Å²) in [5, 5.41) is 0. The van der Waals surface area contributed by atoms with E-state index in [1.54, 1.807) is 0 Å². The highest BCUT2D eigenvalue weighted by atomic mass is 35.7. The average Bonchev–Trinajstić information content (AvgIpc) is 2.91. The quantitative estimate of drug-likeness (QED) is 0.785. The Hall–Kier alpha value is -0.810. The molecule has 1 fully saturated rings. The molecule has 0 atom stereocenters. The van der Waals surface area contributed by atoms with Crippen LogP contribution in [-0.4, -0.2) is 14.5 Å². The van der Waals surface area contributed by atoms with Gasteiger partial charge in [0.05, 0.1) is 11.9 Å². The molecule has 0 unspecified atom stereocenters. The Kier molecular flexibility index (Phi) is 3.08. The lowest BCUT2D eigenvalue weighted by Gasteiger charge is -2.09. The van der Waals surface area contributed by atoms with E-state index in [4.69, 9.17) is 15.4 Å². The van der Waals surface area contributed by atoms with Crippen molar-refractivity contribution in [1.29, 1.82) is 0 Å². The van der Waals surface area contributed by atoms with E-state index in [1.165, 1.54) is 12.1 Å². The summed E-state index contributed by atoms with van der Waals surface area (Å²) in [4.78, 5) is 0. The molecule has 1 aromatic rings. The lowest BCUT2D eigenvalue weighted by Crippen LogP contribution is -2.03. The minimum atomic E-state index is -3.71. The van der Waals surface area contributed by atoms with Crippen LogP contribution in [0.3, 0.4) is 0 Å². The van der Waals surface area contributed by atoms with Gasteiger partial charge in [0.1, 0.15) is 11.6 Å². The van der Waals surface area contributed by atoms with Gasteiger partial charge in [-0.05, 0) is 31.0 Å². The third-order valence-corrected chi connectivity index (χ3v) is 3.15. The van der Waals surface area contributed by atoms with Gasteiger partial charge < -0.3 is 4.74 Å². The monoisotopic (exact) mass is 264 g/mol. The van der Waals surface area contributed by atoms with Crippen LogP contribution in [0.4, 0.5) is 4.39 Å². The number of ether oxygens (including phenoxy) is 1. The van der Waals surface area contributed by atoms with E-state index < -0.39 is 20.6 Å². The molecule has 6 heteroatoms. The molecule has 1 aliphatic carbocycles. The van der Waals surface area contributed by atoms with Crippen molar-refractivity contribution < 1.29 is 17.5 Å². The van der Waals surface area contributed by atoms with Crippen molar-refractivity contribution >= 4 is 19.7 Å². The predicted octanol–water partition coefficient (Wildman–Crippen LogP) is 2.44. The van der Waals surface area contributed by atoms with Gasteiger partial charge in [0.25, 0.3) is 0 Å². The average molecular weight is 265 g/mol. The second-order valence-corrected chi connectivity index (χ2v) is 6.53. The molecule has 88 valence electrons. The second-order valence-electron chi connectivity index (χ2n) is 3.75. The highest BCUT2D eigenvalue weighted by Gasteiger charge is 2.25. The van der Waals surface area contributed by atoms with Crippen LogP contribution in [0.1, 0.15) is 18.4 Å². The van der Waals surface area contributed by atoms with Crippen LogP contribution in [0.15, 0.2) is 18.2 Å². The first-order chi connectivity index (χ1) is 7.44. The summed E-state index contributed by atoms with van der Waals surface area (Å²) in [6.07, 6.45) is 2.02. The third kappa shape index (κ3) is 3.35. The molecule has 1 saturated carbocycles. The first-order valence-electron chi connectivity index (χ1n) is 4.81. The van der Waals surface area contributed by atoms with E-state index in [2.05, 4.69) is 0 Å². The molecule has 0 N–H and O–H groups in total. The van der Waals surface area contributed by atoms with E-state index in [9.17, 15) is 12.8 Å². The number of rotatable bonds is 4. The summed E-state index contributed by atoms with van der Waals surface area (Å²) in [7, 11) is 1.43. The lowest BCUT2D eigenvalue weighted by atomic mass is 10.2. The molecule has 16 heavy (non-hydrogen) atoms. The van der Waals surface area contributed by atoms with Crippen molar-refractivity contribution in [3.8, 4) is 5.75 Å². The van der Waals surface area contributed by atoms with Crippen molar-refractivity contribution in [3.63, 3.8) is 0 Å². The summed E-state index contributed by atoms with van der Waals surface area (Å²) in [6, 6.07) is 3.81. The SMILES string of the molecule is O=S(=O)(Cl)Cc1cc(F)ccc1OC1CC1. The van der Waals surface area contributed by atoms with Crippen molar-refractivity contribution in [2.24, 2.45) is 0 Å². The van der Waals surface area contributed by atoms with E-state index in [0.29, 0.717) is 5.75 Å². The first kappa shape index (κ1) is 11.7. The van der Waals surface area contributed by atoms with Crippen LogP contribution in [0, 0.1) is 5.82 Å². The van der Waals surface area contributed by atoms with Crippen molar-refractivity contribution in [1.82, 2.24) is 0 Å². The van der Waals surface area contributed by atoms with Crippen LogP contribution in [0.25, 0.3) is 0 Å². The van der Waals surface area contributed by atoms with Gasteiger partial charge in [0.15, 0.2) is 0 Å². The third-order valence-electron chi connectivity index (χ3n) is 2.17. The van der Waals surface area contributed by atoms with Gasteiger partial charge in [-0.2, -0.15) is 0 Å². The predicted molar refractivity (Wildman–Crippen MR) is 58.5 cm³/mol. The van der Waals surface area contributed by atoms with E-state index >= 15 is 0 Å². The molecule has 0 bridgehead atoms. The molecule has 0 aromatic heterocycles. The zero-order valence-electron chi connectivity index (χ0n) is 8.32. The topological polar surface area (TPSA) is 43.4 Å². The van der Waals surface area contributed by atoms with Crippen LogP contribution in [0.5, 0.6) is 5.75 Å². The fraction of sp³-hybridized carbons (Fsp3) is 0.400. The Morgan fingerprint density at radius 1 is 1.44 bits per heavy atom. The van der Waals surface area contributed by atoms with Gasteiger partial charge in [-0.1, -0.05) is 0 Å². The van der Waals surface area contributed by atoms with E-state index in [0.717, 1.165) is 18.9 Å². The summed E-state index contributed by atoms with van der Waals surface area (Å²) >= 11 is 0. The summed E-state index contributed by atoms with van der Waals surface area (Å²) in [5.41, 5.74) is 0.266.